The maximum absolute atomic E-state index is 13.0. The summed E-state index contributed by atoms with van der Waals surface area (Å²) in [6.45, 7) is 4.33. The van der Waals surface area contributed by atoms with Crippen LogP contribution in [0.25, 0.3) is 0 Å². The molecule has 0 radical (unpaired) electrons. The van der Waals surface area contributed by atoms with Gasteiger partial charge in [-0.2, -0.15) is 0 Å². The molecule has 0 aromatic carbocycles. The topological polar surface area (TPSA) is 175 Å². The average Bonchev–Trinajstić information content (AvgIpc) is 3.72. The van der Waals surface area contributed by atoms with Gasteiger partial charge in [0.2, 0.25) is 5.91 Å². The predicted molar refractivity (Wildman–Crippen MR) is 366 cm³/mol. The fourth-order valence-electron chi connectivity index (χ4n) is 12.0. The molecule has 7 unspecified atom stereocenters. The highest BCUT2D eigenvalue weighted by molar-refractivity contribution is 5.76. The Morgan fingerprint density at radius 1 is 0.414 bits per heavy atom. The quantitative estimate of drug-likeness (QED) is 0.0195. The van der Waals surface area contributed by atoms with Crippen molar-refractivity contribution in [2.45, 2.75) is 416 Å². The molecule has 1 aliphatic heterocycles. The van der Waals surface area contributed by atoms with E-state index < -0.39 is 49.5 Å². The smallest absolute Gasteiger partial charge is 0.305 e. The number of aliphatic hydroxyl groups is 5. The Balaban J connectivity index is 1.89. The number of unbranched alkanes of at least 4 members (excludes halogenated alkanes) is 49. The molecule has 0 bridgehead atoms. The monoisotopic (exact) mass is 1230 g/mol. The van der Waals surface area contributed by atoms with Crippen LogP contribution in [0.4, 0.5) is 0 Å². The van der Waals surface area contributed by atoms with Crippen molar-refractivity contribution in [2.75, 3.05) is 19.8 Å². The van der Waals surface area contributed by atoms with E-state index in [9.17, 15) is 35.1 Å². The Morgan fingerprint density at radius 3 is 1.15 bits per heavy atom. The van der Waals surface area contributed by atoms with Gasteiger partial charge >= 0.3 is 5.97 Å². The first-order valence-electron chi connectivity index (χ1n) is 37.8. The molecule has 1 rings (SSSR count). The van der Waals surface area contributed by atoms with E-state index in [1.807, 2.05) is 6.08 Å². The lowest BCUT2D eigenvalue weighted by molar-refractivity contribution is -0.302. The zero-order valence-corrected chi connectivity index (χ0v) is 57.0. The molecule has 0 aromatic heterocycles. The Labute approximate surface area is 536 Å². The summed E-state index contributed by atoms with van der Waals surface area (Å²) in [7, 11) is 0. The second-order valence-corrected chi connectivity index (χ2v) is 26.3. The summed E-state index contributed by atoms with van der Waals surface area (Å²) in [5.74, 6) is -0.172. The highest BCUT2D eigenvalue weighted by Crippen LogP contribution is 2.24. The maximum atomic E-state index is 13.0. The van der Waals surface area contributed by atoms with Crippen molar-refractivity contribution in [3.8, 4) is 0 Å². The number of hydrogen-bond acceptors (Lipinski definition) is 10. The fraction of sp³-hybridized carbons (Fsp3) is 0.895. The van der Waals surface area contributed by atoms with Gasteiger partial charge < -0.3 is 45.1 Å². The van der Waals surface area contributed by atoms with Crippen LogP contribution in [0.15, 0.2) is 36.5 Å². The normalized spacial score (nSPS) is 18.0. The number of carbonyl (C=O) groups is 2. The van der Waals surface area contributed by atoms with Gasteiger partial charge in [-0.05, 0) is 70.6 Å². The molecule has 0 aliphatic carbocycles. The molecule has 1 saturated heterocycles. The number of esters is 1. The van der Waals surface area contributed by atoms with Gasteiger partial charge in [-0.25, -0.2) is 0 Å². The van der Waals surface area contributed by atoms with Crippen molar-refractivity contribution in [3.05, 3.63) is 36.5 Å². The van der Waals surface area contributed by atoms with E-state index >= 15 is 0 Å². The van der Waals surface area contributed by atoms with Crippen LogP contribution in [-0.4, -0.2) is 100 Å². The number of nitrogens with one attached hydrogen (secondary N) is 1. The second kappa shape index (κ2) is 65.4. The molecule has 0 aromatic rings. The summed E-state index contributed by atoms with van der Waals surface area (Å²) in [4.78, 5) is 25.1. The van der Waals surface area contributed by atoms with Crippen LogP contribution in [0.5, 0.6) is 0 Å². The molecular weight excluding hydrogens is 1090 g/mol. The minimum absolute atomic E-state index is 0.0162. The van der Waals surface area contributed by atoms with Crippen molar-refractivity contribution in [3.63, 3.8) is 0 Å². The first-order chi connectivity index (χ1) is 42.7. The molecular formula is C76H143NO10. The molecule has 11 heteroatoms. The van der Waals surface area contributed by atoms with Gasteiger partial charge in [0, 0.05) is 12.8 Å². The molecule has 0 spiro atoms. The molecule has 7 atom stereocenters. The number of rotatable bonds is 67. The van der Waals surface area contributed by atoms with E-state index in [1.54, 1.807) is 6.08 Å². The number of carbonyl (C=O) groups excluding carboxylic acids is 2. The van der Waals surface area contributed by atoms with E-state index in [0.717, 1.165) is 51.4 Å². The molecule has 6 N–H and O–H groups in total. The summed E-state index contributed by atoms with van der Waals surface area (Å²) in [5.41, 5.74) is 0. The van der Waals surface area contributed by atoms with Crippen LogP contribution >= 0.6 is 0 Å². The number of ether oxygens (including phenoxy) is 3. The molecule has 1 fully saturated rings. The fourth-order valence-corrected chi connectivity index (χ4v) is 12.0. The summed E-state index contributed by atoms with van der Waals surface area (Å²) < 4.78 is 16.7. The standard InChI is InChI=1S/C76H143NO10/c1-3-5-7-9-11-13-15-44-48-52-56-60-64-72(81)85-65-61-57-53-49-45-42-40-38-36-34-32-30-28-26-24-22-20-18-16-17-19-21-23-25-27-29-31-33-35-37-39-41-43-47-51-55-59-63-71(80)77-68(67-86-76-75(84)74(83)73(82)70(66-78)87-76)69(79)62-58-54-50-46-14-12-10-8-6-4-2/h14,16,18,46,58,62,68-70,73-76,78-79,82-84H,3-13,15,17,19-45,47-57,59-61,63-67H2,1-2H3,(H,77,80)/b18-16-,46-14+,62-58+. The zero-order chi connectivity index (χ0) is 63.0. The first-order valence-corrected chi connectivity index (χ1v) is 37.8. The number of hydrogen-bond donors (Lipinski definition) is 6. The van der Waals surface area contributed by atoms with Crippen molar-refractivity contribution in [1.82, 2.24) is 5.32 Å². The maximum Gasteiger partial charge on any atom is 0.305 e. The largest absolute Gasteiger partial charge is 0.466 e. The van der Waals surface area contributed by atoms with E-state index in [1.165, 1.54) is 295 Å². The Bertz CT molecular complexity index is 1540. The van der Waals surface area contributed by atoms with Crippen LogP contribution in [0.2, 0.25) is 0 Å². The molecule has 11 nitrogen and oxygen atoms in total. The molecule has 512 valence electrons. The van der Waals surface area contributed by atoms with E-state index in [2.05, 4.69) is 43.5 Å². The third-order valence-corrected chi connectivity index (χ3v) is 18.0. The Morgan fingerprint density at radius 2 is 0.747 bits per heavy atom. The van der Waals surface area contributed by atoms with Gasteiger partial charge in [0.1, 0.15) is 24.4 Å². The second-order valence-electron chi connectivity index (χ2n) is 26.3. The highest BCUT2D eigenvalue weighted by Gasteiger charge is 2.44. The summed E-state index contributed by atoms with van der Waals surface area (Å²) in [6, 6.07) is -0.823. The minimum atomic E-state index is -1.57. The molecule has 1 amide bonds. The zero-order valence-electron chi connectivity index (χ0n) is 57.0. The summed E-state index contributed by atoms with van der Waals surface area (Å²) in [5, 5.41) is 54.3. The third-order valence-electron chi connectivity index (χ3n) is 18.0. The predicted octanol–water partition coefficient (Wildman–Crippen LogP) is 19.7. The van der Waals surface area contributed by atoms with Gasteiger partial charge in [0.15, 0.2) is 6.29 Å². The highest BCUT2D eigenvalue weighted by atomic mass is 16.7. The van der Waals surface area contributed by atoms with Gasteiger partial charge in [-0.15, -0.1) is 0 Å². The average molecular weight is 1230 g/mol. The molecule has 1 heterocycles. The number of amides is 1. The van der Waals surface area contributed by atoms with Crippen LogP contribution in [-0.2, 0) is 23.8 Å². The van der Waals surface area contributed by atoms with Crippen molar-refractivity contribution >= 4 is 11.9 Å². The lowest BCUT2D eigenvalue weighted by Gasteiger charge is -2.40. The SMILES string of the molecule is CCCCCC/C=C/CC/C=C/C(O)C(COC1OC(CO)C(O)C(O)C1O)NC(=O)CCCCCCCCCCCCCCCCCCC/C=C\CCCCCCCCCCCCCCCCCCOC(=O)CCCCCCCCCCCCCC. The number of allylic oxidation sites excluding steroid dienone is 5. The van der Waals surface area contributed by atoms with Crippen molar-refractivity contribution in [1.29, 1.82) is 0 Å². The minimum Gasteiger partial charge on any atom is -0.466 e. The van der Waals surface area contributed by atoms with E-state index in [0.29, 0.717) is 19.4 Å². The first kappa shape index (κ1) is 82.9. The molecule has 0 saturated carbocycles. The molecule has 87 heavy (non-hydrogen) atoms. The van der Waals surface area contributed by atoms with Crippen molar-refractivity contribution in [2.24, 2.45) is 0 Å². The Hall–Kier alpha value is -2.12. The van der Waals surface area contributed by atoms with E-state index in [4.69, 9.17) is 14.2 Å². The lowest BCUT2D eigenvalue weighted by Crippen LogP contribution is -2.60. The van der Waals surface area contributed by atoms with Crippen LogP contribution in [0.1, 0.15) is 373 Å². The number of aliphatic hydroxyl groups excluding tert-OH is 5. The summed E-state index contributed by atoms with van der Waals surface area (Å²) in [6.07, 6.45) is 74.7. The van der Waals surface area contributed by atoms with Crippen LogP contribution in [0, 0.1) is 0 Å². The lowest BCUT2D eigenvalue weighted by atomic mass is 9.99. The van der Waals surface area contributed by atoms with Crippen LogP contribution in [0.3, 0.4) is 0 Å². The van der Waals surface area contributed by atoms with E-state index in [-0.39, 0.29) is 18.5 Å². The van der Waals surface area contributed by atoms with Gasteiger partial charge in [0.05, 0.1) is 32.0 Å². The Kier molecular flexibility index (Phi) is 62.3. The summed E-state index contributed by atoms with van der Waals surface area (Å²) >= 11 is 0. The third kappa shape index (κ3) is 54.2. The van der Waals surface area contributed by atoms with Gasteiger partial charge in [-0.3, -0.25) is 9.59 Å². The van der Waals surface area contributed by atoms with Crippen molar-refractivity contribution < 1.29 is 49.3 Å². The molecule has 1 aliphatic rings. The van der Waals surface area contributed by atoms with Crippen LogP contribution < -0.4 is 5.32 Å². The van der Waals surface area contributed by atoms with Gasteiger partial charge in [-0.1, -0.05) is 326 Å². The van der Waals surface area contributed by atoms with Gasteiger partial charge in [0.25, 0.3) is 0 Å².